The van der Waals surface area contributed by atoms with Crippen molar-refractivity contribution >= 4 is 27.7 Å². The summed E-state index contributed by atoms with van der Waals surface area (Å²) in [6.45, 7) is 6.33. The maximum atomic E-state index is 13.5. The molecular formula is C28H37BrN2O4. The van der Waals surface area contributed by atoms with E-state index in [0.29, 0.717) is 30.4 Å². The van der Waals surface area contributed by atoms with E-state index < -0.39 is 6.04 Å². The SMILES string of the molecule is CCC(C(=O)NC1CCCC1)N(Cc1cccc(OC)c1)C(=O)COc1ccc(C(C)C)cc1Br. The summed E-state index contributed by atoms with van der Waals surface area (Å²) in [5.74, 6) is 1.37. The number of rotatable bonds is 11. The molecule has 0 saturated heterocycles. The van der Waals surface area contributed by atoms with Crippen LogP contribution in [0.25, 0.3) is 0 Å². The third-order valence-electron chi connectivity index (χ3n) is 6.55. The van der Waals surface area contributed by atoms with E-state index in [4.69, 9.17) is 9.47 Å². The van der Waals surface area contributed by atoms with Crippen LogP contribution in [0.3, 0.4) is 0 Å². The lowest BCUT2D eigenvalue weighted by Crippen LogP contribution is -2.52. The van der Waals surface area contributed by atoms with Crippen LogP contribution in [-0.2, 0) is 16.1 Å². The Morgan fingerprint density at radius 2 is 1.89 bits per heavy atom. The minimum absolute atomic E-state index is 0.0990. The third-order valence-corrected chi connectivity index (χ3v) is 7.17. The first-order valence-corrected chi connectivity index (χ1v) is 13.3. The first kappa shape index (κ1) is 27.1. The topological polar surface area (TPSA) is 67.9 Å². The van der Waals surface area contributed by atoms with Gasteiger partial charge in [0.25, 0.3) is 5.91 Å². The highest BCUT2D eigenvalue weighted by Crippen LogP contribution is 2.29. The van der Waals surface area contributed by atoms with E-state index in [0.717, 1.165) is 35.7 Å². The van der Waals surface area contributed by atoms with Crippen molar-refractivity contribution in [1.82, 2.24) is 10.2 Å². The van der Waals surface area contributed by atoms with Crippen molar-refractivity contribution in [3.63, 3.8) is 0 Å². The van der Waals surface area contributed by atoms with Gasteiger partial charge in [-0.2, -0.15) is 0 Å². The summed E-state index contributed by atoms with van der Waals surface area (Å²) in [6, 6.07) is 13.1. The maximum absolute atomic E-state index is 13.5. The van der Waals surface area contributed by atoms with E-state index in [1.165, 1.54) is 5.56 Å². The summed E-state index contributed by atoms with van der Waals surface area (Å²) in [6.07, 6.45) is 4.77. The van der Waals surface area contributed by atoms with Crippen molar-refractivity contribution < 1.29 is 19.1 Å². The van der Waals surface area contributed by atoms with Gasteiger partial charge in [-0.15, -0.1) is 0 Å². The molecule has 6 nitrogen and oxygen atoms in total. The lowest BCUT2D eigenvalue weighted by Gasteiger charge is -2.31. The van der Waals surface area contributed by atoms with Crippen LogP contribution in [0.5, 0.6) is 11.5 Å². The highest BCUT2D eigenvalue weighted by molar-refractivity contribution is 9.10. The van der Waals surface area contributed by atoms with Gasteiger partial charge in [0.1, 0.15) is 17.5 Å². The number of halogens is 1. The number of ether oxygens (including phenoxy) is 2. The first-order valence-electron chi connectivity index (χ1n) is 12.5. The van der Waals surface area contributed by atoms with Crippen LogP contribution in [-0.4, -0.2) is 42.5 Å². The van der Waals surface area contributed by atoms with Crippen LogP contribution in [0.2, 0.25) is 0 Å². The molecule has 1 unspecified atom stereocenters. The lowest BCUT2D eigenvalue weighted by molar-refractivity contribution is -0.143. The molecule has 0 aromatic heterocycles. The molecule has 0 heterocycles. The van der Waals surface area contributed by atoms with Crippen LogP contribution in [0, 0.1) is 0 Å². The monoisotopic (exact) mass is 544 g/mol. The van der Waals surface area contributed by atoms with Gasteiger partial charge in [0.2, 0.25) is 5.91 Å². The Labute approximate surface area is 217 Å². The zero-order valence-corrected chi connectivity index (χ0v) is 22.8. The summed E-state index contributed by atoms with van der Waals surface area (Å²) in [4.78, 5) is 28.4. The summed E-state index contributed by atoms with van der Waals surface area (Å²) < 4.78 is 12.1. The van der Waals surface area contributed by atoms with Gasteiger partial charge in [-0.3, -0.25) is 9.59 Å². The van der Waals surface area contributed by atoms with Crippen LogP contribution in [0.4, 0.5) is 0 Å². The molecule has 1 N–H and O–H groups in total. The molecular weight excluding hydrogens is 508 g/mol. The second-order valence-corrected chi connectivity index (χ2v) is 10.3. The van der Waals surface area contributed by atoms with E-state index in [2.05, 4.69) is 35.1 Å². The van der Waals surface area contributed by atoms with Crippen LogP contribution in [0.15, 0.2) is 46.9 Å². The second-order valence-electron chi connectivity index (χ2n) is 9.42. The minimum Gasteiger partial charge on any atom is -0.497 e. The Kier molecular flexibility index (Phi) is 10.0. The number of carbonyl (C=O) groups is 2. The quantitative estimate of drug-likeness (QED) is 0.386. The number of carbonyl (C=O) groups excluding carboxylic acids is 2. The largest absolute Gasteiger partial charge is 0.497 e. The van der Waals surface area contributed by atoms with Crippen molar-refractivity contribution in [1.29, 1.82) is 0 Å². The Balaban J connectivity index is 1.78. The summed E-state index contributed by atoms with van der Waals surface area (Å²) in [5, 5.41) is 3.17. The zero-order valence-electron chi connectivity index (χ0n) is 21.2. The fourth-order valence-electron chi connectivity index (χ4n) is 4.47. The van der Waals surface area contributed by atoms with Gasteiger partial charge in [0.05, 0.1) is 11.6 Å². The van der Waals surface area contributed by atoms with Crippen molar-refractivity contribution in [3.05, 3.63) is 58.1 Å². The number of amides is 2. The normalized spacial score (nSPS) is 14.6. The summed E-state index contributed by atoms with van der Waals surface area (Å²) >= 11 is 3.56. The van der Waals surface area contributed by atoms with E-state index in [9.17, 15) is 9.59 Å². The molecule has 0 aliphatic heterocycles. The summed E-state index contributed by atoms with van der Waals surface area (Å²) in [7, 11) is 1.61. The number of benzene rings is 2. The second kappa shape index (κ2) is 13.0. The predicted octanol–water partition coefficient (Wildman–Crippen LogP) is 5.83. The molecule has 1 saturated carbocycles. The fraction of sp³-hybridized carbons (Fsp3) is 0.500. The molecule has 1 aliphatic rings. The predicted molar refractivity (Wildman–Crippen MR) is 142 cm³/mol. The van der Waals surface area contributed by atoms with E-state index in [1.54, 1.807) is 12.0 Å². The molecule has 0 radical (unpaired) electrons. The number of hydrogen-bond donors (Lipinski definition) is 1. The molecule has 1 aliphatic carbocycles. The Bertz CT molecular complexity index is 1000. The molecule has 2 amide bonds. The van der Waals surface area contributed by atoms with Gasteiger partial charge in [-0.05, 0) is 76.5 Å². The lowest BCUT2D eigenvalue weighted by atomic mass is 10.0. The molecule has 2 aromatic carbocycles. The number of nitrogens with one attached hydrogen (secondary N) is 1. The van der Waals surface area contributed by atoms with Crippen LogP contribution in [0.1, 0.15) is 69.9 Å². The van der Waals surface area contributed by atoms with E-state index >= 15 is 0 Å². The Morgan fingerprint density at radius 1 is 1.14 bits per heavy atom. The average molecular weight is 546 g/mol. The molecule has 0 spiro atoms. The van der Waals surface area contributed by atoms with Crippen molar-refractivity contribution in [2.24, 2.45) is 0 Å². The molecule has 0 bridgehead atoms. The first-order chi connectivity index (χ1) is 16.8. The number of hydrogen-bond acceptors (Lipinski definition) is 4. The summed E-state index contributed by atoms with van der Waals surface area (Å²) in [5.41, 5.74) is 2.08. The van der Waals surface area contributed by atoms with Gasteiger partial charge >= 0.3 is 0 Å². The third kappa shape index (κ3) is 7.47. The van der Waals surface area contributed by atoms with Crippen molar-refractivity contribution in [3.8, 4) is 11.5 Å². The average Bonchev–Trinajstić information content (AvgIpc) is 3.36. The van der Waals surface area contributed by atoms with Crippen molar-refractivity contribution in [2.75, 3.05) is 13.7 Å². The van der Waals surface area contributed by atoms with Crippen LogP contribution >= 0.6 is 15.9 Å². The standard InChI is InChI=1S/C28H37BrN2O4/c1-5-25(28(33)30-22-10-6-7-11-22)31(17-20-9-8-12-23(15-20)34-4)27(32)18-35-26-14-13-21(19(2)3)16-24(26)29/h8-9,12-16,19,22,25H,5-7,10-11,17-18H2,1-4H3,(H,30,33). The van der Waals surface area contributed by atoms with Gasteiger partial charge < -0.3 is 19.7 Å². The molecule has 35 heavy (non-hydrogen) atoms. The van der Waals surface area contributed by atoms with E-state index in [1.807, 2.05) is 49.4 Å². The highest BCUT2D eigenvalue weighted by Gasteiger charge is 2.31. The van der Waals surface area contributed by atoms with Gasteiger partial charge in [-0.1, -0.05) is 51.8 Å². The highest BCUT2D eigenvalue weighted by atomic mass is 79.9. The van der Waals surface area contributed by atoms with Gasteiger partial charge in [-0.25, -0.2) is 0 Å². The Hall–Kier alpha value is -2.54. The van der Waals surface area contributed by atoms with Crippen LogP contribution < -0.4 is 14.8 Å². The molecule has 2 aromatic rings. The van der Waals surface area contributed by atoms with Gasteiger partial charge in [0, 0.05) is 12.6 Å². The fourth-order valence-corrected chi connectivity index (χ4v) is 4.98. The molecule has 1 atom stereocenters. The molecule has 1 fully saturated rings. The van der Waals surface area contributed by atoms with Crippen molar-refractivity contribution in [2.45, 2.75) is 77.4 Å². The smallest absolute Gasteiger partial charge is 0.261 e. The molecule has 7 heteroatoms. The minimum atomic E-state index is -0.579. The Morgan fingerprint density at radius 3 is 2.51 bits per heavy atom. The maximum Gasteiger partial charge on any atom is 0.261 e. The molecule has 3 rings (SSSR count). The number of methoxy groups -OCH3 is 1. The molecule has 190 valence electrons. The van der Waals surface area contributed by atoms with Gasteiger partial charge in [0.15, 0.2) is 6.61 Å². The zero-order chi connectivity index (χ0) is 25.4. The van der Waals surface area contributed by atoms with E-state index in [-0.39, 0.29) is 24.5 Å². The number of nitrogens with zero attached hydrogens (tertiary/aromatic N) is 1.